The quantitative estimate of drug-likeness (QED) is 0.281. The van der Waals surface area contributed by atoms with Gasteiger partial charge in [-0.05, 0) is 59.1 Å². The van der Waals surface area contributed by atoms with Crippen molar-refractivity contribution in [1.29, 1.82) is 0 Å². The molecule has 1 aliphatic heterocycles. The third kappa shape index (κ3) is 7.45. The molecule has 0 aliphatic carbocycles. The molecule has 2 aromatic heterocycles. The van der Waals surface area contributed by atoms with Crippen LogP contribution in [0.4, 0.5) is 4.79 Å². The second kappa shape index (κ2) is 12.3. The number of nitrogens with zero attached hydrogens (tertiary/aromatic N) is 3. The summed E-state index contributed by atoms with van der Waals surface area (Å²) < 4.78 is 28.9. The molecule has 1 aromatic carbocycles. The highest BCUT2D eigenvalue weighted by molar-refractivity contribution is 5.86. The van der Waals surface area contributed by atoms with E-state index in [2.05, 4.69) is 27.4 Å². The first-order valence-corrected chi connectivity index (χ1v) is 13.7. The summed E-state index contributed by atoms with van der Waals surface area (Å²) in [5.74, 6) is 0.741. The van der Waals surface area contributed by atoms with Crippen LogP contribution in [0.5, 0.6) is 5.75 Å². The number of hydrogen-bond acceptors (Lipinski definition) is 9. The first-order chi connectivity index (χ1) is 18.6. The highest BCUT2D eigenvalue weighted by Gasteiger charge is 2.34. The van der Waals surface area contributed by atoms with Gasteiger partial charge in [-0.2, -0.15) is 0 Å². The van der Waals surface area contributed by atoms with E-state index in [4.69, 9.17) is 23.4 Å². The molecule has 3 heterocycles. The number of ether oxygens (including phenoxy) is 4. The molecule has 1 aliphatic rings. The number of hydrogen-bond donors (Lipinski definition) is 1. The summed E-state index contributed by atoms with van der Waals surface area (Å²) in [4.78, 5) is 17.2. The van der Waals surface area contributed by atoms with Crippen LogP contribution in [0.1, 0.15) is 83.8 Å². The van der Waals surface area contributed by atoms with Crippen LogP contribution in [-0.2, 0) is 14.2 Å². The van der Waals surface area contributed by atoms with Crippen molar-refractivity contribution in [3.63, 3.8) is 0 Å². The zero-order chi connectivity index (χ0) is 28.0. The van der Waals surface area contributed by atoms with Gasteiger partial charge in [0.1, 0.15) is 17.4 Å². The van der Waals surface area contributed by atoms with Crippen LogP contribution in [0.15, 0.2) is 28.7 Å². The summed E-state index contributed by atoms with van der Waals surface area (Å²) in [6, 6.07) is 7.22. The van der Waals surface area contributed by atoms with Crippen molar-refractivity contribution in [1.82, 2.24) is 20.5 Å². The van der Waals surface area contributed by atoms with Crippen molar-refractivity contribution in [2.24, 2.45) is 0 Å². The standard InChI is InChI=1S/C29H40N4O6/c1-7-29(36-15-16-37-29)14-10-8-9-11-22(31-27(34)39-28(3,4)5)26-33-32-25(38-26)21-17-20-13-12-19(2)30-23(20)18-24(21)35-6/h12-13,17-18,22H,7-11,14-16H2,1-6H3,(H,31,34)/t22-/m0/s1. The molecule has 1 atom stereocenters. The number of carbonyl (C=O) groups excluding carboxylic acids is 1. The van der Waals surface area contributed by atoms with E-state index in [0.29, 0.717) is 42.7 Å². The Labute approximate surface area is 229 Å². The number of fused-ring (bicyclic) bond motifs is 1. The topological polar surface area (TPSA) is 118 Å². The molecule has 10 heteroatoms. The molecule has 0 spiro atoms. The Morgan fingerprint density at radius 3 is 2.59 bits per heavy atom. The molecule has 10 nitrogen and oxygen atoms in total. The molecule has 0 radical (unpaired) electrons. The smallest absolute Gasteiger partial charge is 0.408 e. The van der Waals surface area contributed by atoms with Crippen LogP contribution < -0.4 is 10.1 Å². The zero-order valence-electron chi connectivity index (χ0n) is 23.8. The summed E-state index contributed by atoms with van der Waals surface area (Å²) in [5.41, 5.74) is 1.77. The Morgan fingerprint density at radius 2 is 1.90 bits per heavy atom. The van der Waals surface area contributed by atoms with Crippen LogP contribution in [0.3, 0.4) is 0 Å². The predicted molar refractivity (Wildman–Crippen MR) is 146 cm³/mol. The molecular weight excluding hydrogens is 500 g/mol. The van der Waals surface area contributed by atoms with Crippen molar-refractivity contribution in [2.45, 2.75) is 90.6 Å². The highest BCUT2D eigenvalue weighted by Crippen LogP contribution is 2.35. The normalized spacial score (nSPS) is 15.8. The lowest BCUT2D eigenvalue weighted by Gasteiger charge is -2.26. The Hall–Kier alpha value is -3.24. The van der Waals surface area contributed by atoms with Gasteiger partial charge in [-0.25, -0.2) is 4.79 Å². The number of carbonyl (C=O) groups is 1. The summed E-state index contributed by atoms with van der Waals surface area (Å²) in [5, 5.41) is 12.4. The Bertz CT molecular complexity index is 1260. The second-order valence-corrected chi connectivity index (χ2v) is 10.9. The molecule has 4 rings (SSSR count). The number of amides is 1. The summed E-state index contributed by atoms with van der Waals surface area (Å²) in [6.45, 7) is 10.8. The Balaban J connectivity index is 1.49. The van der Waals surface area contributed by atoms with Crippen LogP contribution >= 0.6 is 0 Å². The maximum absolute atomic E-state index is 12.7. The average Bonchev–Trinajstić information content (AvgIpc) is 3.56. The van der Waals surface area contributed by atoms with E-state index in [9.17, 15) is 4.79 Å². The number of aryl methyl sites for hydroxylation is 1. The Morgan fingerprint density at radius 1 is 1.13 bits per heavy atom. The minimum absolute atomic E-state index is 0.306. The van der Waals surface area contributed by atoms with Crippen molar-refractivity contribution >= 4 is 17.0 Å². The molecular formula is C29H40N4O6. The molecule has 3 aromatic rings. The summed E-state index contributed by atoms with van der Waals surface area (Å²) in [7, 11) is 1.59. The molecule has 1 amide bonds. The number of benzene rings is 1. The van der Waals surface area contributed by atoms with E-state index in [1.54, 1.807) is 7.11 Å². The maximum Gasteiger partial charge on any atom is 0.408 e. The van der Waals surface area contributed by atoms with Crippen LogP contribution in [0.2, 0.25) is 0 Å². The molecule has 0 saturated carbocycles. The SMILES string of the molecule is CCC1(CCCCC[C@H](NC(=O)OC(C)(C)C)c2nnc(-c3cc4ccc(C)nc4cc3OC)o2)OCCO1. The van der Waals surface area contributed by atoms with Crippen LogP contribution in [0.25, 0.3) is 22.4 Å². The third-order valence-corrected chi connectivity index (χ3v) is 6.71. The zero-order valence-corrected chi connectivity index (χ0v) is 23.8. The van der Waals surface area contributed by atoms with Crippen LogP contribution in [-0.4, -0.2) is 53.0 Å². The van der Waals surface area contributed by atoms with Gasteiger partial charge in [0.15, 0.2) is 5.79 Å². The third-order valence-electron chi connectivity index (χ3n) is 6.71. The minimum Gasteiger partial charge on any atom is -0.496 e. The largest absolute Gasteiger partial charge is 0.496 e. The summed E-state index contributed by atoms with van der Waals surface area (Å²) >= 11 is 0. The van der Waals surface area contributed by atoms with Gasteiger partial charge in [-0.15, -0.1) is 10.2 Å². The van der Waals surface area contributed by atoms with Gasteiger partial charge in [0.2, 0.25) is 5.89 Å². The maximum atomic E-state index is 12.7. The lowest BCUT2D eigenvalue weighted by Crippen LogP contribution is -2.35. The van der Waals surface area contributed by atoms with Gasteiger partial charge in [-0.3, -0.25) is 4.98 Å². The fourth-order valence-electron chi connectivity index (χ4n) is 4.72. The van der Waals surface area contributed by atoms with E-state index in [0.717, 1.165) is 48.7 Å². The highest BCUT2D eigenvalue weighted by atomic mass is 16.7. The monoisotopic (exact) mass is 540 g/mol. The minimum atomic E-state index is -0.630. The van der Waals surface area contributed by atoms with Gasteiger partial charge in [0.25, 0.3) is 5.89 Å². The number of nitrogens with one attached hydrogen (secondary N) is 1. The number of rotatable bonds is 11. The van der Waals surface area contributed by atoms with Crippen molar-refractivity contribution in [3.05, 3.63) is 35.9 Å². The van der Waals surface area contributed by atoms with Crippen LogP contribution in [0, 0.1) is 6.92 Å². The molecule has 0 bridgehead atoms. The van der Waals surface area contributed by atoms with E-state index in [1.807, 2.05) is 52.0 Å². The number of methoxy groups -OCH3 is 1. The van der Waals surface area contributed by atoms with Crippen molar-refractivity contribution in [3.8, 4) is 17.2 Å². The molecule has 39 heavy (non-hydrogen) atoms. The average molecular weight is 541 g/mol. The van der Waals surface area contributed by atoms with Gasteiger partial charge < -0.3 is 28.7 Å². The first-order valence-electron chi connectivity index (χ1n) is 13.7. The lowest BCUT2D eigenvalue weighted by atomic mass is 10.0. The molecule has 1 N–H and O–H groups in total. The van der Waals surface area contributed by atoms with E-state index in [-0.39, 0.29) is 0 Å². The Kier molecular flexibility index (Phi) is 9.07. The van der Waals surface area contributed by atoms with Crippen molar-refractivity contribution in [2.75, 3.05) is 20.3 Å². The molecule has 212 valence electrons. The molecule has 0 unspecified atom stereocenters. The van der Waals surface area contributed by atoms with Gasteiger partial charge in [0, 0.05) is 23.6 Å². The fourth-order valence-corrected chi connectivity index (χ4v) is 4.72. The van der Waals surface area contributed by atoms with Gasteiger partial charge in [0.05, 0.1) is 31.4 Å². The van der Waals surface area contributed by atoms with E-state index >= 15 is 0 Å². The van der Waals surface area contributed by atoms with Crippen molar-refractivity contribution < 1.29 is 28.2 Å². The lowest BCUT2D eigenvalue weighted by molar-refractivity contribution is -0.164. The second-order valence-electron chi connectivity index (χ2n) is 10.9. The van der Waals surface area contributed by atoms with E-state index in [1.165, 1.54) is 0 Å². The number of pyridine rings is 1. The van der Waals surface area contributed by atoms with Gasteiger partial charge in [-0.1, -0.05) is 25.8 Å². The van der Waals surface area contributed by atoms with Gasteiger partial charge >= 0.3 is 6.09 Å². The molecule has 1 saturated heterocycles. The number of aromatic nitrogens is 3. The summed E-state index contributed by atoms with van der Waals surface area (Å²) in [6.07, 6.45) is 4.47. The number of alkyl carbamates (subject to hydrolysis) is 1. The molecule has 1 fully saturated rings. The number of unbranched alkanes of at least 4 members (excludes halogenated alkanes) is 2. The first kappa shape index (κ1) is 28.8. The fraction of sp³-hybridized carbons (Fsp3) is 0.586. The predicted octanol–water partition coefficient (Wildman–Crippen LogP) is 6.27. The van der Waals surface area contributed by atoms with E-state index < -0.39 is 23.5 Å².